The number of anilines is 2. The number of benzene rings is 2. The predicted octanol–water partition coefficient (Wildman–Crippen LogP) is 5.37. The van der Waals surface area contributed by atoms with Gasteiger partial charge < -0.3 is 10.0 Å². The van der Waals surface area contributed by atoms with E-state index in [-0.39, 0.29) is 0 Å². The lowest BCUT2D eigenvalue weighted by Gasteiger charge is -2.31. The third kappa shape index (κ3) is 4.23. The van der Waals surface area contributed by atoms with Crippen LogP contribution in [0.2, 0.25) is 0 Å². The fraction of sp³-hybridized carbons (Fsp3) is 0.250. The van der Waals surface area contributed by atoms with Crippen molar-refractivity contribution in [2.75, 3.05) is 4.90 Å². The van der Waals surface area contributed by atoms with Gasteiger partial charge in [-0.2, -0.15) is 0 Å². The van der Waals surface area contributed by atoms with Gasteiger partial charge in [0.15, 0.2) is 9.54 Å². The number of nitrogens with one attached hydrogen (secondary N) is 2. The highest BCUT2D eigenvalue weighted by molar-refractivity contribution is 7.72. The Bertz CT molecular complexity index is 1010. The summed E-state index contributed by atoms with van der Waals surface area (Å²) in [5.74, 6) is -0.836. The van der Waals surface area contributed by atoms with E-state index in [1.54, 1.807) is 4.57 Å². The second-order valence-electron chi connectivity index (χ2n) is 6.41. The SMILES string of the molecule is CCCCC(C(=O)O)N(c1ccccc1)c1ccc(-n2c(=S)[nH][nH]c2=S)cc1. The normalized spacial score (nSPS) is 11.9. The average molecular weight is 415 g/mol. The summed E-state index contributed by atoms with van der Waals surface area (Å²) in [6, 6.07) is 16.5. The fourth-order valence-electron chi connectivity index (χ4n) is 3.17. The number of carbonyl (C=O) groups is 1. The summed E-state index contributed by atoms with van der Waals surface area (Å²) in [6.07, 6.45) is 2.35. The topological polar surface area (TPSA) is 77.0 Å². The van der Waals surface area contributed by atoms with Crippen molar-refractivity contribution in [1.29, 1.82) is 0 Å². The van der Waals surface area contributed by atoms with Gasteiger partial charge in [-0.1, -0.05) is 38.0 Å². The Morgan fingerprint density at radius 3 is 2.14 bits per heavy atom. The lowest BCUT2D eigenvalue weighted by Crippen LogP contribution is -2.38. The van der Waals surface area contributed by atoms with Gasteiger partial charge in [-0.05, 0) is 67.3 Å². The van der Waals surface area contributed by atoms with Gasteiger partial charge in [-0.15, -0.1) is 0 Å². The van der Waals surface area contributed by atoms with Gasteiger partial charge in [0, 0.05) is 11.4 Å². The van der Waals surface area contributed by atoms with Crippen LogP contribution >= 0.6 is 24.4 Å². The third-order valence-electron chi connectivity index (χ3n) is 4.53. The Balaban J connectivity index is 2.04. The molecule has 2 aromatic carbocycles. The fourth-order valence-corrected chi connectivity index (χ4v) is 3.72. The maximum absolute atomic E-state index is 12.1. The number of unbranched alkanes of at least 4 members (excludes halogenated alkanes) is 1. The summed E-state index contributed by atoms with van der Waals surface area (Å²) in [5.41, 5.74) is 2.45. The van der Waals surface area contributed by atoms with Crippen LogP contribution in [0, 0.1) is 9.54 Å². The standard InChI is InChI=1S/C20H22N4O2S2/c1-2-3-9-17(18(25)26)23(14-7-5-4-6-8-14)15-10-12-16(13-11-15)24-19(27)21-22-20(24)28/h4-8,10-13,17H,2-3,9H2,1H3,(H,21,27)(H,22,28)(H,25,26). The number of H-pyrrole nitrogens is 2. The zero-order chi connectivity index (χ0) is 20.1. The molecule has 0 spiro atoms. The highest BCUT2D eigenvalue weighted by Gasteiger charge is 2.26. The lowest BCUT2D eigenvalue weighted by molar-refractivity contribution is -0.138. The number of rotatable bonds is 8. The van der Waals surface area contributed by atoms with Crippen molar-refractivity contribution in [3.63, 3.8) is 0 Å². The van der Waals surface area contributed by atoms with E-state index in [0.29, 0.717) is 16.0 Å². The van der Waals surface area contributed by atoms with E-state index in [0.717, 1.165) is 29.9 Å². The molecule has 0 aliphatic heterocycles. The van der Waals surface area contributed by atoms with Crippen LogP contribution in [-0.2, 0) is 4.79 Å². The molecule has 6 nitrogen and oxygen atoms in total. The van der Waals surface area contributed by atoms with E-state index < -0.39 is 12.0 Å². The van der Waals surface area contributed by atoms with Crippen LogP contribution < -0.4 is 4.90 Å². The highest BCUT2D eigenvalue weighted by atomic mass is 32.1. The Labute approximate surface area is 173 Å². The van der Waals surface area contributed by atoms with Gasteiger partial charge >= 0.3 is 5.97 Å². The van der Waals surface area contributed by atoms with Crippen LogP contribution in [0.25, 0.3) is 5.69 Å². The van der Waals surface area contributed by atoms with Crippen molar-refractivity contribution in [2.24, 2.45) is 0 Å². The number of hydrogen-bond acceptors (Lipinski definition) is 4. The number of para-hydroxylation sites is 1. The molecule has 0 saturated heterocycles. The van der Waals surface area contributed by atoms with Gasteiger partial charge in [-0.25, -0.2) is 4.79 Å². The Hall–Kier alpha value is -2.71. The molecule has 0 aliphatic carbocycles. The van der Waals surface area contributed by atoms with E-state index in [9.17, 15) is 9.90 Å². The molecule has 0 aliphatic rings. The smallest absolute Gasteiger partial charge is 0.326 e. The molecule has 0 radical (unpaired) electrons. The van der Waals surface area contributed by atoms with Crippen LogP contribution in [-0.4, -0.2) is 31.9 Å². The molecule has 1 aromatic heterocycles. The molecule has 0 bridgehead atoms. The van der Waals surface area contributed by atoms with Crippen molar-refractivity contribution in [2.45, 2.75) is 32.2 Å². The number of carboxylic acids is 1. The molecular formula is C20H22N4O2S2. The zero-order valence-corrected chi connectivity index (χ0v) is 17.1. The van der Waals surface area contributed by atoms with Crippen molar-refractivity contribution in [3.8, 4) is 5.69 Å². The summed E-state index contributed by atoms with van der Waals surface area (Å²) in [7, 11) is 0. The minimum Gasteiger partial charge on any atom is -0.480 e. The largest absolute Gasteiger partial charge is 0.480 e. The molecule has 1 atom stereocenters. The molecule has 1 heterocycles. The summed E-state index contributed by atoms with van der Waals surface area (Å²) < 4.78 is 2.67. The quantitative estimate of drug-likeness (QED) is 0.432. The van der Waals surface area contributed by atoms with Crippen LogP contribution in [0.15, 0.2) is 54.6 Å². The minimum atomic E-state index is -0.836. The van der Waals surface area contributed by atoms with Crippen LogP contribution in [0.4, 0.5) is 11.4 Å². The summed E-state index contributed by atoms with van der Waals surface area (Å²) in [4.78, 5) is 13.9. The van der Waals surface area contributed by atoms with E-state index in [1.165, 1.54) is 0 Å². The van der Waals surface area contributed by atoms with Crippen molar-refractivity contribution < 1.29 is 9.90 Å². The molecule has 3 rings (SSSR count). The monoisotopic (exact) mass is 414 g/mol. The van der Waals surface area contributed by atoms with E-state index in [4.69, 9.17) is 24.4 Å². The number of carboxylic acid groups (broad SMARTS) is 1. The highest BCUT2D eigenvalue weighted by Crippen LogP contribution is 2.30. The first-order chi connectivity index (χ1) is 13.5. The number of aliphatic carboxylic acids is 1. The maximum atomic E-state index is 12.1. The summed E-state index contributed by atoms with van der Waals surface area (Å²) in [6.45, 7) is 2.06. The molecule has 8 heteroatoms. The van der Waals surface area contributed by atoms with Crippen molar-refractivity contribution in [1.82, 2.24) is 14.8 Å². The van der Waals surface area contributed by atoms with Crippen LogP contribution in [0.3, 0.4) is 0 Å². The first-order valence-corrected chi connectivity index (χ1v) is 9.91. The second kappa shape index (κ2) is 8.99. The van der Waals surface area contributed by atoms with Crippen molar-refractivity contribution >= 4 is 41.8 Å². The Morgan fingerprint density at radius 1 is 1.04 bits per heavy atom. The number of nitrogens with zero attached hydrogens (tertiary/aromatic N) is 2. The lowest BCUT2D eigenvalue weighted by atomic mass is 10.1. The van der Waals surface area contributed by atoms with Crippen LogP contribution in [0.1, 0.15) is 26.2 Å². The van der Waals surface area contributed by atoms with Crippen LogP contribution in [0.5, 0.6) is 0 Å². The van der Waals surface area contributed by atoms with E-state index in [2.05, 4.69) is 17.1 Å². The van der Waals surface area contributed by atoms with Gasteiger partial charge in [0.1, 0.15) is 6.04 Å². The molecule has 146 valence electrons. The molecule has 0 fully saturated rings. The van der Waals surface area contributed by atoms with Gasteiger partial charge in [0.2, 0.25) is 0 Å². The van der Waals surface area contributed by atoms with E-state index in [1.807, 2.05) is 59.5 Å². The molecule has 0 saturated carbocycles. The molecule has 3 aromatic rings. The molecule has 3 N–H and O–H groups in total. The predicted molar refractivity (Wildman–Crippen MR) is 116 cm³/mol. The second-order valence-corrected chi connectivity index (χ2v) is 7.19. The number of aromatic nitrogens is 3. The Kier molecular flexibility index (Phi) is 6.43. The van der Waals surface area contributed by atoms with Gasteiger partial charge in [0.25, 0.3) is 0 Å². The number of aromatic amines is 2. The molecule has 28 heavy (non-hydrogen) atoms. The third-order valence-corrected chi connectivity index (χ3v) is 5.10. The molecule has 0 amide bonds. The number of hydrogen-bond donors (Lipinski definition) is 3. The average Bonchev–Trinajstić information content (AvgIpc) is 3.04. The summed E-state index contributed by atoms with van der Waals surface area (Å²) in [5, 5.41) is 15.5. The molecule has 1 unspecified atom stereocenters. The van der Waals surface area contributed by atoms with Gasteiger partial charge in [0.05, 0.1) is 5.69 Å². The first kappa shape index (κ1) is 20.0. The van der Waals surface area contributed by atoms with Gasteiger partial charge in [-0.3, -0.25) is 14.8 Å². The maximum Gasteiger partial charge on any atom is 0.326 e. The summed E-state index contributed by atoms with van der Waals surface area (Å²) >= 11 is 10.5. The van der Waals surface area contributed by atoms with E-state index >= 15 is 0 Å². The van der Waals surface area contributed by atoms with Crippen molar-refractivity contribution in [3.05, 3.63) is 64.1 Å². The zero-order valence-electron chi connectivity index (χ0n) is 15.5. The minimum absolute atomic E-state index is 0.476. The Morgan fingerprint density at radius 2 is 1.61 bits per heavy atom. The first-order valence-electron chi connectivity index (χ1n) is 9.10. The molecular weight excluding hydrogens is 392 g/mol.